The van der Waals surface area contributed by atoms with Gasteiger partial charge in [-0.15, -0.1) is 0 Å². The first-order chi connectivity index (χ1) is 9.42. The minimum absolute atomic E-state index is 0.424. The van der Waals surface area contributed by atoms with Gasteiger partial charge in [0.05, 0.1) is 18.3 Å². The summed E-state index contributed by atoms with van der Waals surface area (Å²) in [6.45, 7) is 5.70. The van der Waals surface area contributed by atoms with Gasteiger partial charge in [-0.2, -0.15) is 0 Å². The van der Waals surface area contributed by atoms with E-state index >= 15 is 0 Å². The number of aliphatic hydroxyl groups excluding tert-OH is 3. The van der Waals surface area contributed by atoms with E-state index in [1.807, 2.05) is 6.92 Å². The van der Waals surface area contributed by atoms with Crippen molar-refractivity contribution in [2.24, 2.45) is 0 Å². The number of ether oxygens (including phenoxy) is 1. The second kappa shape index (κ2) is 11.3. The summed E-state index contributed by atoms with van der Waals surface area (Å²) in [5.74, 6) is 0. The molecule has 0 aliphatic carbocycles. The second-order valence-corrected chi connectivity index (χ2v) is 5.62. The van der Waals surface area contributed by atoms with Gasteiger partial charge in [-0.05, 0) is 38.7 Å². The van der Waals surface area contributed by atoms with Crippen LogP contribution in [0.2, 0.25) is 0 Å². The molecule has 0 fully saturated rings. The third-order valence-corrected chi connectivity index (χ3v) is 3.57. The predicted molar refractivity (Wildman–Crippen MR) is 81.6 cm³/mol. The maximum atomic E-state index is 10.0. The fraction of sp³-hybridized carbons (Fsp3) is 0.875. The van der Waals surface area contributed by atoms with Crippen LogP contribution >= 0.6 is 0 Å². The summed E-state index contributed by atoms with van der Waals surface area (Å²) in [5.41, 5.74) is 0.837. The first-order valence-corrected chi connectivity index (χ1v) is 7.67. The molecule has 0 spiro atoms. The molecule has 0 aliphatic rings. The predicted octanol–water partition coefficient (Wildman–Crippen LogP) is 2.41. The van der Waals surface area contributed by atoms with E-state index in [2.05, 4.69) is 6.92 Å². The largest absolute Gasteiger partial charge is 0.393 e. The minimum Gasteiger partial charge on any atom is -0.393 e. The Morgan fingerprint density at radius 2 is 1.75 bits per heavy atom. The lowest BCUT2D eigenvalue weighted by Crippen LogP contribution is -2.28. The van der Waals surface area contributed by atoms with Crippen LogP contribution in [0, 0.1) is 0 Å². The molecule has 0 saturated heterocycles. The number of unbranched alkanes of at least 4 members (excludes halogenated alkanes) is 2. The van der Waals surface area contributed by atoms with Crippen LogP contribution in [0.4, 0.5) is 0 Å². The van der Waals surface area contributed by atoms with E-state index in [-0.39, 0.29) is 0 Å². The van der Waals surface area contributed by atoms with Gasteiger partial charge >= 0.3 is 0 Å². The fourth-order valence-corrected chi connectivity index (χ4v) is 2.10. The number of aliphatic hydroxyl groups is 3. The summed E-state index contributed by atoms with van der Waals surface area (Å²) < 4.78 is 5.27. The molecule has 0 rings (SSSR count). The first-order valence-electron chi connectivity index (χ1n) is 7.67. The van der Waals surface area contributed by atoms with Crippen molar-refractivity contribution in [3.05, 3.63) is 11.6 Å². The first kappa shape index (κ1) is 19.6. The SMILES string of the molecule is CCCCCC(O)/C(C)=C/C(OC)C(O)CCC(C)O. The Morgan fingerprint density at radius 1 is 1.10 bits per heavy atom. The normalized spacial score (nSPS) is 18.6. The Hall–Kier alpha value is -0.420. The summed E-state index contributed by atoms with van der Waals surface area (Å²) in [6.07, 6.45) is 4.82. The Morgan fingerprint density at radius 3 is 2.25 bits per heavy atom. The van der Waals surface area contributed by atoms with E-state index in [0.717, 1.165) is 31.3 Å². The summed E-state index contributed by atoms with van der Waals surface area (Å²) in [4.78, 5) is 0. The highest BCUT2D eigenvalue weighted by atomic mass is 16.5. The highest BCUT2D eigenvalue weighted by Gasteiger charge is 2.18. The fourth-order valence-electron chi connectivity index (χ4n) is 2.10. The summed E-state index contributed by atoms with van der Waals surface area (Å²) in [7, 11) is 1.55. The third kappa shape index (κ3) is 8.69. The zero-order valence-corrected chi connectivity index (χ0v) is 13.4. The van der Waals surface area contributed by atoms with Gasteiger partial charge in [-0.1, -0.05) is 32.3 Å². The molecule has 0 aliphatic heterocycles. The maximum Gasteiger partial charge on any atom is 0.101 e. The van der Waals surface area contributed by atoms with Crippen molar-refractivity contribution in [1.82, 2.24) is 0 Å². The van der Waals surface area contributed by atoms with Crippen molar-refractivity contribution in [1.29, 1.82) is 0 Å². The Bertz CT molecular complexity index is 263. The monoisotopic (exact) mass is 288 g/mol. The molecule has 0 amide bonds. The van der Waals surface area contributed by atoms with Gasteiger partial charge in [0, 0.05) is 7.11 Å². The summed E-state index contributed by atoms with van der Waals surface area (Å²) in [6, 6.07) is 0. The van der Waals surface area contributed by atoms with Gasteiger partial charge in [0.2, 0.25) is 0 Å². The zero-order valence-electron chi connectivity index (χ0n) is 13.4. The van der Waals surface area contributed by atoms with Gasteiger partial charge in [0.15, 0.2) is 0 Å². The quantitative estimate of drug-likeness (QED) is 0.403. The molecule has 4 nitrogen and oxygen atoms in total. The molecule has 20 heavy (non-hydrogen) atoms. The lowest BCUT2D eigenvalue weighted by molar-refractivity contribution is 0.00468. The molecule has 0 radical (unpaired) electrons. The molecule has 0 saturated carbocycles. The number of rotatable bonds is 11. The Labute approximate surface area is 123 Å². The molecule has 0 aromatic heterocycles. The highest BCUT2D eigenvalue weighted by molar-refractivity contribution is 5.09. The van der Waals surface area contributed by atoms with E-state index < -0.39 is 24.4 Å². The van der Waals surface area contributed by atoms with Crippen molar-refractivity contribution in [3.63, 3.8) is 0 Å². The second-order valence-electron chi connectivity index (χ2n) is 5.62. The van der Waals surface area contributed by atoms with Crippen LogP contribution < -0.4 is 0 Å². The topological polar surface area (TPSA) is 69.9 Å². The van der Waals surface area contributed by atoms with Gasteiger partial charge in [-0.3, -0.25) is 0 Å². The molecular formula is C16H32O4. The van der Waals surface area contributed by atoms with Gasteiger partial charge in [-0.25, -0.2) is 0 Å². The van der Waals surface area contributed by atoms with Gasteiger partial charge < -0.3 is 20.1 Å². The van der Waals surface area contributed by atoms with Crippen LogP contribution in [0.25, 0.3) is 0 Å². The van der Waals surface area contributed by atoms with Gasteiger partial charge in [0.1, 0.15) is 6.10 Å². The van der Waals surface area contributed by atoms with Crippen molar-refractivity contribution in [2.45, 2.75) is 83.7 Å². The standard InChI is InChI=1S/C16H32O4/c1-5-6-7-8-14(18)12(2)11-16(20-4)15(19)10-9-13(3)17/h11,13-19H,5-10H2,1-4H3/b12-11+. The van der Waals surface area contributed by atoms with Crippen LogP contribution in [0.1, 0.15) is 59.3 Å². The smallest absolute Gasteiger partial charge is 0.101 e. The molecule has 0 aromatic rings. The van der Waals surface area contributed by atoms with E-state index in [9.17, 15) is 15.3 Å². The molecule has 120 valence electrons. The van der Waals surface area contributed by atoms with E-state index in [0.29, 0.717) is 12.8 Å². The minimum atomic E-state index is -0.660. The number of hydrogen-bond acceptors (Lipinski definition) is 4. The number of hydrogen-bond donors (Lipinski definition) is 3. The maximum absolute atomic E-state index is 10.0. The summed E-state index contributed by atoms with van der Waals surface area (Å²) in [5, 5.41) is 29.3. The third-order valence-electron chi connectivity index (χ3n) is 3.57. The van der Waals surface area contributed by atoms with E-state index in [1.165, 1.54) is 0 Å². The molecule has 0 bridgehead atoms. The molecule has 3 N–H and O–H groups in total. The molecule has 4 heteroatoms. The molecule has 4 unspecified atom stereocenters. The highest BCUT2D eigenvalue weighted by Crippen LogP contribution is 2.15. The molecule has 0 aromatic carbocycles. The van der Waals surface area contributed by atoms with E-state index in [1.54, 1.807) is 20.1 Å². The van der Waals surface area contributed by atoms with Crippen molar-refractivity contribution < 1.29 is 20.1 Å². The van der Waals surface area contributed by atoms with Crippen LogP contribution in [-0.4, -0.2) is 46.8 Å². The van der Waals surface area contributed by atoms with Crippen LogP contribution in [0.3, 0.4) is 0 Å². The zero-order chi connectivity index (χ0) is 15.5. The lowest BCUT2D eigenvalue weighted by Gasteiger charge is -2.21. The number of methoxy groups -OCH3 is 1. The molecule has 4 atom stereocenters. The Balaban J connectivity index is 4.37. The van der Waals surface area contributed by atoms with Crippen LogP contribution in [0.5, 0.6) is 0 Å². The van der Waals surface area contributed by atoms with E-state index in [4.69, 9.17) is 4.74 Å². The van der Waals surface area contributed by atoms with Crippen molar-refractivity contribution in [3.8, 4) is 0 Å². The Kier molecular flexibility index (Phi) is 11.0. The van der Waals surface area contributed by atoms with Crippen LogP contribution in [0.15, 0.2) is 11.6 Å². The van der Waals surface area contributed by atoms with Crippen molar-refractivity contribution in [2.75, 3.05) is 7.11 Å². The van der Waals surface area contributed by atoms with Gasteiger partial charge in [0.25, 0.3) is 0 Å². The summed E-state index contributed by atoms with van der Waals surface area (Å²) >= 11 is 0. The van der Waals surface area contributed by atoms with Crippen LogP contribution in [-0.2, 0) is 4.74 Å². The lowest BCUT2D eigenvalue weighted by atomic mass is 9.99. The average Bonchev–Trinajstić information content (AvgIpc) is 2.41. The molecular weight excluding hydrogens is 256 g/mol. The average molecular weight is 288 g/mol. The van der Waals surface area contributed by atoms with Crippen molar-refractivity contribution >= 4 is 0 Å². The molecule has 0 heterocycles.